The van der Waals surface area contributed by atoms with Crippen molar-refractivity contribution in [3.05, 3.63) is 40.3 Å². The molecule has 0 bridgehead atoms. The number of aryl methyl sites for hydroxylation is 1. The van der Waals surface area contributed by atoms with E-state index in [1.807, 2.05) is 4.72 Å². The highest BCUT2D eigenvalue weighted by Gasteiger charge is 2.27. The summed E-state index contributed by atoms with van der Waals surface area (Å²) >= 11 is 11.8. The van der Waals surface area contributed by atoms with Gasteiger partial charge in [0.25, 0.3) is 10.0 Å². The Kier molecular flexibility index (Phi) is 5.09. The summed E-state index contributed by atoms with van der Waals surface area (Å²) in [6.45, 7) is 1.75. The molecule has 3 aromatic heterocycles. The number of hydrogen-bond acceptors (Lipinski definition) is 7. The van der Waals surface area contributed by atoms with Crippen molar-refractivity contribution in [3.8, 4) is 5.88 Å². The highest BCUT2D eigenvalue weighted by molar-refractivity contribution is 7.90. The van der Waals surface area contributed by atoms with Gasteiger partial charge in [0.05, 0.1) is 7.11 Å². The molecule has 0 atom stereocenters. The lowest BCUT2D eigenvalue weighted by Crippen LogP contribution is -2.35. The van der Waals surface area contributed by atoms with Crippen molar-refractivity contribution in [2.75, 3.05) is 12.4 Å². The van der Waals surface area contributed by atoms with Gasteiger partial charge in [-0.1, -0.05) is 29.3 Å². The monoisotopic (exact) mass is 430 g/mol. The Morgan fingerprint density at radius 1 is 1.26 bits per heavy atom. The molecule has 0 saturated heterocycles. The number of aromatic nitrogens is 4. The lowest BCUT2D eigenvalue weighted by Gasteiger charge is -2.09. The molecule has 3 heterocycles. The molecule has 2 N–H and O–H groups in total. The standard InChI is InChI=1S/C14H12Cl2N6O4S/c1-7-4-3-5-22-11(7)19-10(16)12(22)27(24,25)21-14(23)20-13-17-8(15)6-9(18-13)26-2/h3-6H,1-2H3,(H2,17,18,20,21,23). The zero-order valence-corrected chi connectivity index (χ0v) is 16.2. The molecule has 0 saturated carbocycles. The number of urea groups is 1. The first-order valence-corrected chi connectivity index (χ1v) is 9.50. The maximum Gasteiger partial charge on any atom is 0.335 e. The fourth-order valence-electron chi connectivity index (χ4n) is 2.25. The third kappa shape index (κ3) is 3.89. The number of nitrogens with one attached hydrogen (secondary N) is 2. The average Bonchev–Trinajstić information content (AvgIpc) is 2.91. The third-order valence-corrected chi connectivity index (χ3v) is 5.27. The van der Waals surface area contributed by atoms with Crippen molar-refractivity contribution < 1.29 is 17.9 Å². The summed E-state index contributed by atoms with van der Waals surface area (Å²) in [6.07, 6.45) is 1.47. The number of halogens is 2. The molecule has 0 unspecified atom stereocenters. The van der Waals surface area contributed by atoms with Gasteiger partial charge in [-0.3, -0.25) is 9.72 Å². The minimum atomic E-state index is -4.35. The van der Waals surface area contributed by atoms with Gasteiger partial charge in [0, 0.05) is 12.3 Å². The highest BCUT2D eigenvalue weighted by atomic mass is 35.5. The number of hydrogen-bond donors (Lipinski definition) is 2. The van der Waals surface area contributed by atoms with Crippen LogP contribution in [0, 0.1) is 6.92 Å². The van der Waals surface area contributed by atoms with Crippen molar-refractivity contribution in [1.29, 1.82) is 0 Å². The second kappa shape index (κ2) is 7.18. The second-order valence-electron chi connectivity index (χ2n) is 5.21. The number of rotatable bonds is 4. The predicted molar refractivity (Wildman–Crippen MR) is 97.9 cm³/mol. The first kappa shape index (κ1) is 19.1. The fourth-order valence-corrected chi connectivity index (χ4v) is 3.96. The summed E-state index contributed by atoms with van der Waals surface area (Å²) in [5.41, 5.74) is 1.07. The zero-order chi connectivity index (χ0) is 19.8. The van der Waals surface area contributed by atoms with Gasteiger partial charge >= 0.3 is 6.03 Å². The number of imidazole rings is 1. The number of methoxy groups -OCH3 is 1. The number of amides is 2. The smallest absolute Gasteiger partial charge is 0.335 e. The fraction of sp³-hybridized carbons (Fsp3) is 0.143. The number of fused-ring (bicyclic) bond motifs is 1. The van der Waals surface area contributed by atoms with E-state index in [0.29, 0.717) is 11.2 Å². The average molecular weight is 431 g/mol. The Bertz CT molecular complexity index is 1150. The zero-order valence-electron chi connectivity index (χ0n) is 13.9. The van der Waals surface area contributed by atoms with Crippen molar-refractivity contribution in [2.24, 2.45) is 0 Å². The SMILES string of the molecule is COc1cc(Cl)nc(NC(=O)NS(=O)(=O)c2c(Cl)nc3c(C)cccn23)n1. The molecule has 27 heavy (non-hydrogen) atoms. The van der Waals surface area contributed by atoms with Crippen LogP contribution in [0.4, 0.5) is 10.7 Å². The quantitative estimate of drug-likeness (QED) is 0.607. The Balaban J connectivity index is 1.89. The summed E-state index contributed by atoms with van der Waals surface area (Å²) in [7, 11) is -3.00. The molecule has 3 rings (SSSR count). The molecule has 0 aromatic carbocycles. The molecule has 0 radical (unpaired) electrons. The van der Waals surface area contributed by atoms with Crippen LogP contribution in [0.3, 0.4) is 0 Å². The van der Waals surface area contributed by atoms with Crippen LogP contribution in [0.25, 0.3) is 5.65 Å². The summed E-state index contributed by atoms with van der Waals surface area (Å²) in [6, 6.07) is 3.59. The van der Waals surface area contributed by atoms with Crippen LogP contribution in [-0.2, 0) is 10.0 Å². The van der Waals surface area contributed by atoms with Gasteiger partial charge in [-0.15, -0.1) is 0 Å². The largest absolute Gasteiger partial charge is 0.481 e. The van der Waals surface area contributed by atoms with Crippen LogP contribution in [0.1, 0.15) is 5.56 Å². The Labute approximate surface area is 163 Å². The molecule has 0 spiro atoms. The molecule has 0 aliphatic rings. The van der Waals surface area contributed by atoms with Gasteiger partial charge in [-0.2, -0.15) is 13.4 Å². The molecule has 0 fully saturated rings. The highest BCUT2D eigenvalue weighted by Crippen LogP contribution is 2.24. The van der Waals surface area contributed by atoms with E-state index >= 15 is 0 Å². The van der Waals surface area contributed by atoms with Crippen LogP contribution in [0.5, 0.6) is 5.88 Å². The molecule has 10 nitrogen and oxygen atoms in total. The Morgan fingerprint density at radius 2 is 2.00 bits per heavy atom. The van der Waals surface area contributed by atoms with E-state index in [-0.39, 0.29) is 27.2 Å². The maximum absolute atomic E-state index is 12.6. The third-order valence-electron chi connectivity index (χ3n) is 3.35. The molecule has 0 aliphatic carbocycles. The molecule has 13 heteroatoms. The van der Waals surface area contributed by atoms with Crippen molar-refractivity contribution in [2.45, 2.75) is 11.9 Å². The molecule has 3 aromatic rings. The Morgan fingerprint density at radius 3 is 2.70 bits per heavy atom. The first-order chi connectivity index (χ1) is 12.7. The normalized spacial score (nSPS) is 11.4. The minimum Gasteiger partial charge on any atom is -0.481 e. The van der Waals surface area contributed by atoms with E-state index in [4.69, 9.17) is 27.9 Å². The summed E-state index contributed by atoms with van der Waals surface area (Å²) in [5, 5.41) is 1.52. The lowest BCUT2D eigenvalue weighted by atomic mass is 10.3. The van der Waals surface area contributed by atoms with Gasteiger partial charge in [0.2, 0.25) is 11.8 Å². The van der Waals surface area contributed by atoms with Crippen LogP contribution in [-0.4, -0.2) is 40.9 Å². The molecule has 2 amide bonds. The summed E-state index contributed by atoms with van der Waals surface area (Å²) in [5.74, 6) is -0.152. The van der Waals surface area contributed by atoms with E-state index in [1.165, 1.54) is 23.8 Å². The first-order valence-electron chi connectivity index (χ1n) is 7.27. The van der Waals surface area contributed by atoms with Gasteiger partial charge in [0.15, 0.2) is 10.2 Å². The Hall–Kier alpha value is -2.63. The molecule has 142 valence electrons. The van der Waals surface area contributed by atoms with E-state index in [0.717, 1.165) is 0 Å². The van der Waals surface area contributed by atoms with Gasteiger partial charge < -0.3 is 4.74 Å². The number of sulfonamides is 1. The molecular weight excluding hydrogens is 419 g/mol. The van der Waals surface area contributed by atoms with Crippen LogP contribution in [0.2, 0.25) is 10.3 Å². The van der Waals surface area contributed by atoms with E-state index in [2.05, 4.69) is 20.3 Å². The number of carbonyl (C=O) groups is 1. The topological polar surface area (TPSA) is 128 Å². The van der Waals surface area contributed by atoms with Crippen LogP contribution < -0.4 is 14.8 Å². The molecular formula is C14H12Cl2N6O4S. The number of ether oxygens (including phenoxy) is 1. The van der Waals surface area contributed by atoms with E-state index in [9.17, 15) is 13.2 Å². The van der Waals surface area contributed by atoms with E-state index in [1.54, 1.807) is 19.1 Å². The van der Waals surface area contributed by atoms with Gasteiger partial charge in [-0.05, 0) is 18.6 Å². The molecule has 0 aliphatic heterocycles. The van der Waals surface area contributed by atoms with Crippen LogP contribution >= 0.6 is 23.2 Å². The van der Waals surface area contributed by atoms with Crippen LogP contribution in [0.15, 0.2) is 29.4 Å². The lowest BCUT2D eigenvalue weighted by molar-refractivity contribution is 0.256. The maximum atomic E-state index is 12.6. The second-order valence-corrected chi connectivity index (χ2v) is 7.55. The van der Waals surface area contributed by atoms with Crippen molar-refractivity contribution in [3.63, 3.8) is 0 Å². The van der Waals surface area contributed by atoms with E-state index < -0.39 is 16.1 Å². The van der Waals surface area contributed by atoms with Gasteiger partial charge in [-0.25, -0.2) is 19.5 Å². The summed E-state index contributed by atoms with van der Waals surface area (Å²) < 4.78 is 33.2. The number of pyridine rings is 1. The predicted octanol–water partition coefficient (Wildman–Crippen LogP) is 2.26. The van der Waals surface area contributed by atoms with Crippen molar-refractivity contribution in [1.82, 2.24) is 24.1 Å². The minimum absolute atomic E-state index is 0.000288. The number of nitrogens with zero attached hydrogens (tertiary/aromatic N) is 4. The van der Waals surface area contributed by atoms with Crippen molar-refractivity contribution >= 4 is 50.9 Å². The number of carbonyl (C=O) groups excluding carboxylic acids is 1. The van der Waals surface area contributed by atoms with Gasteiger partial charge in [0.1, 0.15) is 10.8 Å². The summed E-state index contributed by atoms with van der Waals surface area (Å²) in [4.78, 5) is 23.7. The number of anilines is 1.